The van der Waals surface area contributed by atoms with Crippen molar-refractivity contribution in [3.63, 3.8) is 0 Å². The number of hydrogen-bond donors (Lipinski definition) is 1. The summed E-state index contributed by atoms with van der Waals surface area (Å²) in [6.07, 6.45) is 2.93. The first kappa shape index (κ1) is 25.7. The first-order chi connectivity index (χ1) is 18.6. The molecule has 3 aromatic carbocycles. The molecule has 38 heavy (non-hydrogen) atoms. The number of nitro benzene ring substituents is 1. The van der Waals surface area contributed by atoms with Gasteiger partial charge in [-0.05, 0) is 30.5 Å². The summed E-state index contributed by atoms with van der Waals surface area (Å²) in [5.41, 5.74) is 5.18. The van der Waals surface area contributed by atoms with E-state index >= 15 is 0 Å². The molecular weight excluding hydrogens is 494 g/mol. The predicted molar refractivity (Wildman–Crippen MR) is 158 cm³/mol. The Kier molecular flexibility index (Phi) is 8.19. The lowest BCUT2D eigenvalue weighted by Gasteiger charge is -2.36. The second-order valence-corrected chi connectivity index (χ2v) is 10.5. The van der Waals surface area contributed by atoms with Crippen molar-refractivity contribution in [1.82, 2.24) is 4.98 Å². The van der Waals surface area contributed by atoms with E-state index in [0.717, 1.165) is 62.0 Å². The number of aromatic nitrogens is 1. The third-order valence-electron chi connectivity index (χ3n) is 6.87. The average Bonchev–Trinajstić information content (AvgIpc) is 3.38. The van der Waals surface area contributed by atoms with Crippen LogP contribution in [0.15, 0.2) is 78.9 Å². The Hall–Kier alpha value is -3.91. The van der Waals surface area contributed by atoms with Gasteiger partial charge >= 0.3 is 0 Å². The van der Waals surface area contributed by atoms with Gasteiger partial charge in [0.1, 0.15) is 5.69 Å². The monoisotopic (exact) mass is 527 g/mol. The van der Waals surface area contributed by atoms with Gasteiger partial charge in [-0.2, -0.15) is 0 Å². The average molecular weight is 528 g/mol. The lowest BCUT2D eigenvalue weighted by atomic mass is 10.1. The smallest absolute Gasteiger partial charge is 0.292 e. The van der Waals surface area contributed by atoms with E-state index in [1.807, 2.05) is 47.7 Å². The van der Waals surface area contributed by atoms with Crippen LogP contribution in [0.3, 0.4) is 0 Å². The number of anilines is 3. The summed E-state index contributed by atoms with van der Waals surface area (Å²) < 4.78 is 0. The van der Waals surface area contributed by atoms with E-state index in [2.05, 4.69) is 58.4 Å². The highest BCUT2D eigenvalue weighted by Gasteiger charge is 2.23. The van der Waals surface area contributed by atoms with Gasteiger partial charge in [-0.3, -0.25) is 10.1 Å². The maximum Gasteiger partial charge on any atom is 0.292 e. The van der Waals surface area contributed by atoms with Gasteiger partial charge in [0.15, 0.2) is 5.13 Å². The van der Waals surface area contributed by atoms with Gasteiger partial charge in [-0.15, -0.1) is 11.3 Å². The molecule has 1 aromatic heterocycles. The van der Waals surface area contributed by atoms with Gasteiger partial charge in [0.2, 0.25) is 0 Å². The fourth-order valence-electron chi connectivity index (χ4n) is 4.86. The van der Waals surface area contributed by atoms with Crippen LogP contribution in [-0.4, -0.2) is 42.6 Å². The highest BCUT2D eigenvalue weighted by molar-refractivity contribution is 7.16. The second-order valence-electron chi connectivity index (χ2n) is 9.48. The van der Waals surface area contributed by atoms with Crippen molar-refractivity contribution in [3.05, 3.63) is 99.4 Å². The van der Waals surface area contributed by atoms with Crippen molar-refractivity contribution in [2.24, 2.45) is 0 Å². The molecular formula is C30H33N5O2S. The highest BCUT2D eigenvalue weighted by atomic mass is 32.1. The van der Waals surface area contributed by atoms with Gasteiger partial charge in [0, 0.05) is 54.9 Å². The van der Waals surface area contributed by atoms with E-state index in [1.54, 1.807) is 6.07 Å². The minimum atomic E-state index is -0.312. The summed E-state index contributed by atoms with van der Waals surface area (Å²) >= 11 is 1.81. The Morgan fingerprint density at radius 3 is 2.29 bits per heavy atom. The zero-order valence-electron chi connectivity index (χ0n) is 21.7. The summed E-state index contributed by atoms with van der Waals surface area (Å²) in [4.78, 5) is 22.4. The molecule has 0 bridgehead atoms. The third kappa shape index (κ3) is 5.97. The van der Waals surface area contributed by atoms with Crippen LogP contribution in [-0.2, 0) is 12.8 Å². The lowest BCUT2D eigenvalue weighted by molar-refractivity contribution is -0.383. The topological polar surface area (TPSA) is 74.5 Å². The molecule has 0 saturated carbocycles. The number of rotatable bonds is 10. The van der Waals surface area contributed by atoms with Gasteiger partial charge < -0.3 is 15.1 Å². The molecule has 8 heteroatoms. The standard InChI is InChI=1S/C30H33N5O2S/c1-2-9-28-29(24-12-7-4-8-13-24)32-30(38-28)34-20-18-33(19-21-34)25-14-15-27(35(36)37)26(22-25)31-17-16-23-10-5-3-6-11-23/h3-8,10-15,22,31H,2,9,16-21H2,1H3. The molecule has 0 amide bonds. The van der Waals surface area contributed by atoms with Gasteiger partial charge in [-0.1, -0.05) is 74.0 Å². The van der Waals surface area contributed by atoms with E-state index in [0.29, 0.717) is 12.2 Å². The van der Waals surface area contributed by atoms with E-state index in [4.69, 9.17) is 4.98 Å². The van der Waals surface area contributed by atoms with Crippen LogP contribution in [0.4, 0.5) is 22.2 Å². The minimum Gasteiger partial charge on any atom is -0.379 e. The maximum atomic E-state index is 11.7. The van der Waals surface area contributed by atoms with Gasteiger partial charge in [0.25, 0.3) is 5.69 Å². The van der Waals surface area contributed by atoms with Crippen LogP contribution in [0.25, 0.3) is 11.3 Å². The number of benzene rings is 3. The minimum absolute atomic E-state index is 0.111. The molecule has 1 aliphatic heterocycles. The zero-order chi connectivity index (χ0) is 26.3. The quantitative estimate of drug-likeness (QED) is 0.184. The van der Waals surface area contributed by atoms with Crippen molar-refractivity contribution in [2.75, 3.05) is 47.8 Å². The van der Waals surface area contributed by atoms with E-state index in [-0.39, 0.29) is 10.6 Å². The Morgan fingerprint density at radius 2 is 1.61 bits per heavy atom. The summed E-state index contributed by atoms with van der Waals surface area (Å²) in [5, 5.41) is 16.0. The zero-order valence-corrected chi connectivity index (χ0v) is 22.5. The second kappa shape index (κ2) is 12.1. The molecule has 0 spiro atoms. The SMILES string of the molecule is CCCc1sc(N2CCN(c3ccc([N+](=O)[O-])c(NCCc4ccccc4)c3)CC2)nc1-c1ccccc1. The molecule has 1 saturated heterocycles. The predicted octanol–water partition coefficient (Wildman–Crippen LogP) is 6.65. The van der Waals surface area contributed by atoms with Crippen molar-refractivity contribution in [1.29, 1.82) is 0 Å². The third-order valence-corrected chi connectivity index (χ3v) is 8.05. The molecule has 0 aliphatic carbocycles. The number of nitrogens with one attached hydrogen (secondary N) is 1. The molecule has 7 nitrogen and oxygen atoms in total. The van der Waals surface area contributed by atoms with Crippen molar-refractivity contribution in [3.8, 4) is 11.3 Å². The fourth-order valence-corrected chi connectivity index (χ4v) is 6.09. The molecule has 196 valence electrons. The van der Waals surface area contributed by atoms with Gasteiger partial charge in [-0.25, -0.2) is 4.98 Å². The highest BCUT2D eigenvalue weighted by Crippen LogP contribution is 2.35. The van der Waals surface area contributed by atoms with Crippen LogP contribution in [0, 0.1) is 10.1 Å². The number of hydrogen-bond acceptors (Lipinski definition) is 7. The molecule has 0 unspecified atom stereocenters. The summed E-state index contributed by atoms with van der Waals surface area (Å²) in [6, 6.07) is 26.0. The molecule has 4 aromatic rings. The fraction of sp³-hybridized carbons (Fsp3) is 0.300. The largest absolute Gasteiger partial charge is 0.379 e. The van der Waals surface area contributed by atoms with Crippen molar-refractivity contribution < 1.29 is 4.92 Å². The van der Waals surface area contributed by atoms with Crippen molar-refractivity contribution >= 4 is 33.5 Å². The number of aryl methyl sites for hydroxylation is 1. The van der Waals surface area contributed by atoms with E-state index < -0.39 is 0 Å². The van der Waals surface area contributed by atoms with Crippen LogP contribution >= 0.6 is 11.3 Å². The summed E-state index contributed by atoms with van der Waals surface area (Å²) in [5.74, 6) is 0. The van der Waals surface area contributed by atoms with Crippen LogP contribution in [0.1, 0.15) is 23.8 Å². The number of nitrogens with zero attached hydrogens (tertiary/aromatic N) is 4. The lowest BCUT2D eigenvalue weighted by Crippen LogP contribution is -2.46. The molecule has 2 heterocycles. The molecule has 0 radical (unpaired) electrons. The molecule has 1 N–H and O–H groups in total. The summed E-state index contributed by atoms with van der Waals surface area (Å²) in [6.45, 7) is 6.25. The normalized spacial score (nSPS) is 13.5. The number of piperazine rings is 1. The van der Waals surface area contributed by atoms with Crippen LogP contribution in [0.5, 0.6) is 0 Å². The molecule has 1 fully saturated rings. The van der Waals surface area contributed by atoms with Gasteiger partial charge in [0.05, 0.1) is 10.6 Å². The first-order valence-electron chi connectivity index (χ1n) is 13.2. The molecule has 1 aliphatic rings. The van der Waals surface area contributed by atoms with Crippen LogP contribution < -0.4 is 15.1 Å². The summed E-state index contributed by atoms with van der Waals surface area (Å²) in [7, 11) is 0. The molecule has 5 rings (SSSR count). The Bertz CT molecular complexity index is 1350. The Balaban J connectivity index is 1.26. The molecule has 0 atom stereocenters. The number of thiazole rings is 1. The van der Waals surface area contributed by atoms with E-state index in [9.17, 15) is 10.1 Å². The number of nitro groups is 1. The Labute approximate surface area is 227 Å². The maximum absolute atomic E-state index is 11.7. The first-order valence-corrected chi connectivity index (χ1v) is 14.1. The van der Waals surface area contributed by atoms with Crippen LogP contribution in [0.2, 0.25) is 0 Å². The Morgan fingerprint density at radius 1 is 0.921 bits per heavy atom. The van der Waals surface area contributed by atoms with E-state index in [1.165, 1.54) is 16.0 Å². The van der Waals surface area contributed by atoms with Crippen molar-refractivity contribution in [2.45, 2.75) is 26.2 Å².